The van der Waals surface area contributed by atoms with Gasteiger partial charge in [-0.15, -0.1) is 0 Å². The van der Waals surface area contributed by atoms with Crippen LogP contribution in [-0.4, -0.2) is 5.16 Å². The van der Waals surface area contributed by atoms with E-state index < -0.39 is 0 Å². The zero-order valence-electron chi connectivity index (χ0n) is 8.36. The number of rotatable bonds is 1. The summed E-state index contributed by atoms with van der Waals surface area (Å²) in [7, 11) is 0. The Hall–Kier alpha value is -1.83. The third-order valence-electron chi connectivity index (χ3n) is 2.92. The monoisotopic (exact) mass is 197 g/mol. The second-order valence-corrected chi connectivity index (χ2v) is 3.74. The fourth-order valence-electron chi connectivity index (χ4n) is 2.16. The van der Waals surface area contributed by atoms with Crippen molar-refractivity contribution in [2.24, 2.45) is 0 Å². The molecular formula is C13H11NO. The molecule has 74 valence electrons. The van der Waals surface area contributed by atoms with Gasteiger partial charge in [0.15, 0.2) is 5.76 Å². The van der Waals surface area contributed by atoms with Crippen molar-refractivity contribution in [2.45, 2.75) is 12.8 Å². The highest BCUT2D eigenvalue weighted by Gasteiger charge is 2.21. The van der Waals surface area contributed by atoms with E-state index in [0.29, 0.717) is 0 Å². The number of nitrogens with zero attached hydrogens (tertiary/aromatic N) is 1. The smallest absolute Gasteiger partial charge is 0.162 e. The van der Waals surface area contributed by atoms with E-state index in [1.807, 2.05) is 6.07 Å². The molecule has 0 amide bonds. The zero-order valence-corrected chi connectivity index (χ0v) is 8.36. The van der Waals surface area contributed by atoms with E-state index in [2.05, 4.69) is 29.9 Å². The minimum Gasteiger partial charge on any atom is -0.356 e. The molecule has 1 aliphatic carbocycles. The largest absolute Gasteiger partial charge is 0.356 e. The van der Waals surface area contributed by atoms with Crippen LogP contribution in [-0.2, 0) is 12.8 Å². The van der Waals surface area contributed by atoms with Gasteiger partial charge in [0.2, 0.25) is 0 Å². The summed E-state index contributed by atoms with van der Waals surface area (Å²) in [6.45, 7) is 3.73. The lowest BCUT2D eigenvalue weighted by Gasteiger charge is -2.13. The topological polar surface area (TPSA) is 26.0 Å². The maximum atomic E-state index is 5.26. The molecule has 0 spiro atoms. The normalized spacial score (nSPS) is 13.1. The summed E-state index contributed by atoms with van der Waals surface area (Å²) in [5.41, 5.74) is 4.75. The van der Waals surface area contributed by atoms with Crippen LogP contribution < -0.4 is 0 Å². The summed E-state index contributed by atoms with van der Waals surface area (Å²) in [5.74, 6) is 0.819. The molecule has 15 heavy (non-hydrogen) atoms. The van der Waals surface area contributed by atoms with Crippen molar-refractivity contribution in [1.29, 1.82) is 0 Å². The van der Waals surface area contributed by atoms with E-state index in [4.69, 9.17) is 4.52 Å². The molecule has 1 aromatic heterocycles. The predicted octanol–water partition coefficient (Wildman–Crippen LogP) is 3.08. The van der Waals surface area contributed by atoms with Crippen LogP contribution >= 0.6 is 0 Å². The van der Waals surface area contributed by atoms with Gasteiger partial charge in [-0.3, -0.25) is 0 Å². The van der Waals surface area contributed by atoms with Gasteiger partial charge < -0.3 is 4.52 Å². The molecule has 1 heterocycles. The van der Waals surface area contributed by atoms with E-state index in [9.17, 15) is 0 Å². The van der Waals surface area contributed by atoms with Crippen molar-refractivity contribution in [1.82, 2.24) is 5.16 Å². The number of fused-ring (bicyclic) bond motifs is 3. The van der Waals surface area contributed by atoms with Gasteiger partial charge in [0, 0.05) is 11.1 Å². The van der Waals surface area contributed by atoms with Crippen LogP contribution in [0.3, 0.4) is 0 Å². The Morgan fingerprint density at radius 2 is 2.13 bits per heavy atom. The second-order valence-electron chi connectivity index (χ2n) is 3.74. The molecule has 0 atom stereocenters. The third kappa shape index (κ3) is 1.14. The highest BCUT2D eigenvalue weighted by molar-refractivity contribution is 5.72. The summed E-state index contributed by atoms with van der Waals surface area (Å²) < 4.78 is 5.26. The van der Waals surface area contributed by atoms with Crippen molar-refractivity contribution in [3.05, 3.63) is 47.7 Å². The molecule has 0 bridgehead atoms. The summed E-state index contributed by atoms with van der Waals surface area (Å²) in [5, 5.41) is 4.12. The second kappa shape index (κ2) is 3.09. The van der Waals surface area contributed by atoms with Gasteiger partial charge in [-0.2, -0.15) is 0 Å². The minimum absolute atomic E-state index is 0.819. The molecule has 0 fully saturated rings. The molecule has 0 saturated heterocycles. The van der Waals surface area contributed by atoms with Gasteiger partial charge in [-0.1, -0.05) is 36.0 Å². The maximum absolute atomic E-state index is 5.26. The quantitative estimate of drug-likeness (QED) is 0.702. The van der Waals surface area contributed by atoms with E-state index in [1.54, 1.807) is 6.08 Å². The van der Waals surface area contributed by atoms with E-state index in [-0.39, 0.29) is 0 Å². The van der Waals surface area contributed by atoms with Crippen LogP contribution in [0, 0.1) is 0 Å². The average molecular weight is 197 g/mol. The molecule has 0 radical (unpaired) electrons. The van der Waals surface area contributed by atoms with Crippen LogP contribution in [0.25, 0.3) is 17.3 Å². The summed E-state index contributed by atoms with van der Waals surface area (Å²) in [6, 6.07) is 8.36. The Kier molecular flexibility index (Phi) is 1.75. The highest BCUT2D eigenvalue weighted by Crippen LogP contribution is 2.34. The van der Waals surface area contributed by atoms with Crippen LogP contribution in [0.4, 0.5) is 0 Å². The van der Waals surface area contributed by atoms with Gasteiger partial charge in [-0.05, 0) is 24.5 Å². The Bertz CT molecular complexity index is 525. The molecule has 3 rings (SSSR count). The maximum Gasteiger partial charge on any atom is 0.162 e. The van der Waals surface area contributed by atoms with Crippen molar-refractivity contribution in [3.8, 4) is 11.3 Å². The van der Waals surface area contributed by atoms with E-state index in [0.717, 1.165) is 24.3 Å². The Morgan fingerprint density at radius 1 is 1.27 bits per heavy atom. The van der Waals surface area contributed by atoms with Gasteiger partial charge >= 0.3 is 0 Å². The van der Waals surface area contributed by atoms with Crippen molar-refractivity contribution in [2.75, 3.05) is 0 Å². The molecule has 2 nitrogen and oxygen atoms in total. The summed E-state index contributed by atoms with van der Waals surface area (Å²) in [6.07, 6.45) is 3.79. The molecule has 0 saturated carbocycles. The lowest BCUT2D eigenvalue weighted by Crippen LogP contribution is -2.02. The fourth-order valence-corrected chi connectivity index (χ4v) is 2.16. The van der Waals surface area contributed by atoms with Crippen molar-refractivity contribution < 1.29 is 4.52 Å². The molecular weight excluding hydrogens is 186 g/mol. The minimum atomic E-state index is 0.819. The van der Waals surface area contributed by atoms with Gasteiger partial charge in [0.25, 0.3) is 0 Å². The SMILES string of the molecule is C=Cc1onc2c1CCc1ccccc1-2. The van der Waals surface area contributed by atoms with Crippen LogP contribution in [0.1, 0.15) is 16.9 Å². The van der Waals surface area contributed by atoms with E-state index >= 15 is 0 Å². The number of benzene rings is 1. The lowest BCUT2D eigenvalue weighted by molar-refractivity contribution is 0.414. The molecule has 2 heteroatoms. The average Bonchev–Trinajstić information content (AvgIpc) is 2.72. The van der Waals surface area contributed by atoms with Crippen LogP contribution in [0.5, 0.6) is 0 Å². The van der Waals surface area contributed by atoms with E-state index in [1.165, 1.54) is 16.7 Å². The first-order chi connectivity index (χ1) is 7.40. The highest BCUT2D eigenvalue weighted by atomic mass is 16.5. The number of aryl methyl sites for hydroxylation is 1. The van der Waals surface area contributed by atoms with Crippen molar-refractivity contribution in [3.63, 3.8) is 0 Å². The first kappa shape index (κ1) is 8.48. The summed E-state index contributed by atoms with van der Waals surface area (Å²) >= 11 is 0. The molecule has 1 aliphatic rings. The molecule has 0 unspecified atom stereocenters. The Labute approximate surface area is 88.2 Å². The third-order valence-corrected chi connectivity index (χ3v) is 2.92. The summed E-state index contributed by atoms with van der Waals surface area (Å²) in [4.78, 5) is 0. The first-order valence-corrected chi connectivity index (χ1v) is 5.09. The molecule has 2 aromatic rings. The predicted molar refractivity (Wildman–Crippen MR) is 59.4 cm³/mol. The van der Waals surface area contributed by atoms with Crippen molar-refractivity contribution >= 4 is 6.08 Å². The van der Waals surface area contributed by atoms with Crippen LogP contribution in [0.15, 0.2) is 35.4 Å². The van der Waals surface area contributed by atoms with Gasteiger partial charge in [-0.25, -0.2) is 0 Å². The standard InChI is InChI=1S/C13H11NO/c1-2-12-11-8-7-9-5-3-4-6-10(9)13(11)14-15-12/h2-6H,1,7-8H2. The molecule has 1 aromatic carbocycles. The zero-order chi connectivity index (χ0) is 10.3. The van der Waals surface area contributed by atoms with Gasteiger partial charge in [0.05, 0.1) is 0 Å². The Balaban J connectivity index is 2.26. The molecule has 0 aliphatic heterocycles. The number of hydrogen-bond donors (Lipinski definition) is 0. The number of hydrogen-bond acceptors (Lipinski definition) is 2. The first-order valence-electron chi connectivity index (χ1n) is 5.09. The fraction of sp³-hybridized carbons (Fsp3) is 0.154. The number of aromatic nitrogens is 1. The lowest BCUT2D eigenvalue weighted by atomic mass is 9.89. The Morgan fingerprint density at radius 3 is 3.00 bits per heavy atom. The van der Waals surface area contributed by atoms with Gasteiger partial charge in [0.1, 0.15) is 5.69 Å². The van der Waals surface area contributed by atoms with Crippen LogP contribution in [0.2, 0.25) is 0 Å². The molecule has 0 N–H and O–H groups in total.